The van der Waals surface area contributed by atoms with Gasteiger partial charge in [0.15, 0.2) is 0 Å². The van der Waals surface area contributed by atoms with E-state index in [2.05, 4.69) is 59.1 Å². The Labute approximate surface area is 123 Å². The van der Waals surface area contributed by atoms with Gasteiger partial charge < -0.3 is 5.32 Å². The molecule has 6 heteroatoms. The van der Waals surface area contributed by atoms with Gasteiger partial charge in [-0.2, -0.15) is 0 Å². The van der Waals surface area contributed by atoms with Gasteiger partial charge in [0, 0.05) is 33.1 Å². The fourth-order valence-electron chi connectivity index (χ4n) is 1.67. The first kappa shape index (κ1) is 13.6. The Morgan fingerprint density at radius 3 is 2.56 bits per heavy atom. The van der Waals surface area contributed by atoms with Gasteiger partial charge in [-0.1, -0.05) is 6.92 Å². The van der Waals surface area contributed by atoms with E-state index < -0.39 is 0 Å². The minimum Gasteiger partial charge on any atom is -0.305 e. The average Bonchev–Trinajstić information content (AvgIpc) is 2.38. The number of nitrogens with zero attached hydrogens (tertiary/aromatic N) is 3. The second-order valence-electron chi connectivity index (χ2n) is 3.68. The molecular formula is C12H12Br2N4. The van der Waals surface area contributed by atoms with Crippen molar-refractivity contribution in [2.24, 2.45) is 0 Å². The van der Waals surface area contributed by atoms with Crippen LogP contribution in [0.1, 0.15) is 24.2 Å². The summed E-state index contributed by atoms with van der Waals surface area (Å²) in [6, 6.07) is 1.97. The molecule has 2 aromatic heterocycles. The lowest BCUT2D eigenvalue weighted by Gasteiger charge is -2.18. The second-order valence-corrected chi connectivity index (χ2v) is 5.45. The third kappa shape index (κ3) is 3.13. The van der Waals surface area contributed by atoms with Crippen LogP contribution < -0.4 is 5.32 Å². The predicted molar refractivity (Wildman–Crippen MR) is 77.2 cm³/mol. The third-order valence-electron chi connectivity index (χ3n) is 2.43. The lowest BCUT2D eigenvalue weighted by molar-refractivity contribution is 0.608. The summed E-state index contributed by atoms with van der Waals surface area (Å²) in [5.74, 6) is 0. The Morgan fingerprint density at radius 2 is 1.94 bits per heavy atom. The van der Waals surface area contributed by atoms with Gasteiger partial charge in [-0.25, -0.2) is 9.97 Å². The van der Waals surface area contributed by atoms with E-state index in [0.29, 0.717) is 0 Å². The topological polar surface area (TPSA) is 50.7 Å². The maximum Gasteiger partial charge on any atom is 0.115 e. The molecule has 0 saturated carbocycles. The summed E-state index contributed by atoms with van der Waals surface area (Å²) >= 11 is 6.94. The van der Waals surface area contributed by atoms with Gasteiger partial charge in [0.1, 0.15) is 6.33 Å². The van der Waals surface area contributed by atoms with Crippen molar-refractivity contribution in [3.05, 3.63) is 51.2 Å². The number of aromatic nitrogens is 3. The van der Waals surface area contributed by atoms with Crippen LogP contribution in [0.25, 0.3) is 0 Å². The zero-order valence-electron chi connectivity index (χ0n) is 9.77. The van der Waals surface area contributed by atoms with Crippen LogP contribution >= 0.6 is 31.9 Å². The molecule has 0 aromatic carbocycles. The number of pyridine rings is 1. The van der Waals surface area contributed by atoms with Gasteiger partial charge in [-0.3, -0.25) is 4.98 Å². The van der Waals surface area contributed by atoms with Gasteiger partial charge in [0.2, 0.25) is 0 Å². The molecule has 0 radical (unpaired) electrons. The first-order chi connectivity index (χ1) is 8.72. The maximum absolute atomic E-state index is 4.46. The molecule has 18 heavy (non-hydrogen) atoms. The van der Waals surface area contributed by atoms with Gasteiger partial charge in [-0.15, -0.1) is 0 Å². The summed E-state index contributed by atoms with van der Waals surface area (Å²) in [6.07, 6.45) is 6.91. The van der Waals surface area contributed by atoms with Crippen molar-refractivity contribution in [3.63, 3.8) is 0 Å². The number of rotatable bonds is 4. The van der Waals surface area contributed by atoms with E-state index in [4.69, 9.17) is 0 Å². The van der Waals surface area contributed by atoms with E-state index >= 15 is 0 Å². The number of halogens is 2. The molecule has 1 atom stereocenters. The molecule has 2 rings (SSSR count). The van der Waals surface area contributed by atoms with Crippen LogP contribution in [0.5, 0.6) is 0 Å². The van der Waals surface area contributed by atoms with Crippen LogP contribution in [0.3, 0.4) is 0 Å². The fraction of sp³-hybridized carbons (Fsp3) is 0.250. The van der Waals surface area contributed by atoms with E-state index in [1.807, 2.05) is 6.07 Å². The zero-order valence-corrected chi connectivity index (χ0v) is 12.9. The molecule has 1 N–H and O–H groups in total. The highest BCUT2D eigenvalue weighted by molar-refractivity contribution is 9.11. The van der Waals surface area contributed by atoms with E-state index in [9.17, 15) is 0 Å². The smallest absolute Gasteiger partial charge is 0.115 e. The summed E-state index contributed by atoms with van der Waals surface area (Å²) in [6.45, 7) is 2.90. The molecule has 2 heterocycles. The first-order valence-corrected chi connectivity index (χ1v) is 7.10. The molecule has 2 aromatic rings. The summed E-state index contributed by atoms with van der Waals surface area (Å²) in [7, 11) is 0. The number of hydrogen-bond acceptors (Lipinski definition) is 4. The van der Waals surface area contributed by atoms with Crippen molar-refractivity contribution >= 4 is 31.9 Å². The standard InChI is InChI=1S/C12H12Br2N4/c1-2-17-11(8-4-15-7-16-5-8)12-10(14)3-9(13)6-18-12/h3-7,11,17H,2H2,1H3. The third-order valence-corrected chi connectivity index (χ3v) is 3.50. The Kier molecular flexibility index (Phi) is 4.79. The van der Waals surface area contributed by atoms with Crippen LogP contribution in [-0.4, -0.2) is 21.5 Å². The molecule has 0 bridgehead atoms. The Hall–Kier alpha value is -0.850. The second kappa shape index (κ2) is 6.36. The molecule has 0 aliphatic carbocycles. The fourth-order valence-corrected chi connectivity index (χ4v) is 2.89. The first-order valence-electron chi connectivity index (χ1n) is 5.51. The lowest BCUT2D eigenvalue weighted by Crippen LogP contribution is -2.23. The van der Waals surface area contributed by atoms with Crippen molar-refractivity contribution in [1.29, 1.82) is 0 Å². The number of nitrogens with one attached hydrogen (secondary N) is 1. The lowest BCUT2D eigenvalue weighted by atomic mass is 10.1. The molecule has 0 fully saturated rings. The highest BCUT2D eigenvalue weighted by Crippen LogP contribution is 2.28. The molecule has 4 nitrogen and oxygen atoms in total. The molecular weight excluding hydrogens is 360 g/mol. The van der Waals surface area contributed by atoms with Crippen LogP contribution in [0, 0.1) is 0 Å². The molecule has 0 amide bonds. The van der Waals surface area contributed by atoms with E-state index in [1.54, 1.807) is 18.6 Å². The molecule has 1 unspecified atom stereocenters. The van der Waals surface area contributed by atoms with Gasteiger partial charge in [0.25, 0.3) is 0 Å². The van der Waals surface area contributed by atoms with Crippen LogP contribution in [-0.2, 0) is 0 Å². The summed E-state index contributed by atoms with van der Waals surface area (Å²) in [4.78, 5) is 12.6. The molecule has 0 spiro atoms. The van der Waals surface area contributed by atoms with Crippen molar-refractivity contribution in [2.45, 2.75) is 13.0 Å². The molecule has 0 saturated heterocycles. The quantitative estimate of drug-likeness (QED) is 0.897. The monoisotopic (exact) mass is 370 g/mol. The maximum atomic E-state index is 4.46. The van der Waals surface area contributed by atoms with Gasteiger partial charge in [0.05, 0.1) is 11.7 Å². The van der Waals surface area contributed by atoms with Gasteiger partial charge in [-0.05, 0) is 44.5 Å². The Bertz CT molecular complexity index is 519. The van der Waals surface area contributed by atoms with E-state index in [-0.39, 0.29) is 6.04 Å². The molecule has 0 aliphatic heterocycles. The van der Waals surface area contributed by atoms with E-state index in [0.717, 1.165) is 26.7 Å². The number of hydrogen-bond donors (Lipinski definition) is 1. The van der Waals surface area contributed by atoms with Crippen LogP contribution in [0.2, 0.25) is 0 Å². The Morgan fingerprint density at radius 1 is 1.22 bits per heavy atom. The van der Waals surface area contributed by atoms with Gasteiger partial charge >= 0.3 is 0 Å². The summed E-state index contributed by atoms with van der Waals surface area (Å²) in [5, 5.41) is 3.39. The van der Waals surface area contributed by atoms with Crippen LogP contribution in [0.4, 0.5) is 0 Å². The highest BCUT2D eigenvalue weighted by Gasteiger charge is 2.18. The van der Waals surface area contributed by atoms with E-state index in [1.165, 1.54) is 6.33 Å². The SMILES string of the molecule is CCNC(c1cncnc1)c1ncc(Br)cc1Br. The largest absolute Gasteiger partial charge is 0.305 e. The molecule has 0 aliphatic rings. The molecule has 94 valence electrons. The Balaban J connectivity index is 2.41. The minimum atomic E-state index is -0.0151. The van der Waals surface area contributed by atoms with Crippen molar-refractivity contribution < 1.29 is 0 Å². The van der Waals surface area contributed by atoms with Crippen molar-refractivity contribution in [1.82, 2.24) is 20.3 Å². The summed E-state index contributed by atoms with van der Waals surface area (Å²) < 4.78 is 1.89. The zero-order chi connectivity index (χ0) is 13.0. The van der Waals surface area contributed by atoms with Crippen molar-refractivity contribution in [2.75, 3.05) is 6.54 Å². The van der Waals surface area contributed by atoms with Crippen LogP contribution in [0.15, 0.2) is 39.9 Å². The minimum absolute atomic E-state index is 0.0151. The normalized spacial score (nSPS) is 12.4. The average molecular weight is 372 g/mol. The predicted octanol–water partition coefficient (Wildman–Crippen LogP) is 3.10. The highest BCUT2D eigenvalue weighted by atomic mass is 79.9. The summed E-state index contributed by atoms with van der Waals surface area (Å²) in [5.41, 5.74) is 1.92. The van der Waals surface area contributed by atoms with Crippen molar-refractivity contribution in [3.8, 4) is 0 Å².